The van der Waals surface area contributed by atoms with Crippen LogP contribution in [0.4, 0.5) is 5.95 Å². The van der Waals surface area contributed by atoms with Crippen LogP contribution in [0.5, 0.6) is 0 Å². The van der Waals surface area contributed by atoms with E-state index >= 15 is 0 Å². The number of halogens is 1. The molecule has 1 aliphatic rings. The molecule has 4 rings (SSSR count). The van der Waals surface area contributed by atoms with Crippen molar-refractivity contribution in [1.29, 1.82) is 0 Å². The zero-order chi connectivity index (χ0) is 19.5. The van der Waals surface area contributed by atoms with Crippen molar-refractivity contribution in [2.75, 3.05) is 51.8 Å². The van der Waals surface area contributed by atoms with E-state index in [1.165, 1.54) is 0 Å². The molecule has 0 N–H and O–H groups in total. The van der Waals surface area contributed by atoms with Crippen LogP contribution in [0.3, 0.4) is 0 Å². The topological polar surface area (TPSA) is 59.3 Å². The average molecular weight is 401 g/mol. The molecule has 1 aromatic carbocycles. The van der Waals surface area contributed by atoms with Crippen LogP contribution in [-0.2, 0) is 11.3 Å². The fraction of sp³-hybridized carbons (Fsp3) is 0.450. The van der Waals surface area contributed by atoms with Gasteiger partial charge in [0.1, 0.15) is 5.15 Å². The van der Waals surface area contributed by atoms with Crippen molar-refractivity contribution in [2.45, 2.75) is 13.0 Å². The Kier molecular flexibility index (Phi) is 5.75. The van der Waals surface area contributed by atoms with Crippen molar-refractivity contribution in [3.05, 3.63) is 35.7 Å². The summed E-state index contributed by atoms with van der Waals surface area (Å²) < 4.78 is 7.63. The van der Waals surface area contributed by atoms with Gasteiger partial charge in [-0.3, -0.25) is 0 Å². The summed E-state index contributed by atoms with van der Waals surface area (Å²) in [5.74, 6) is 0.658. The van der Waals surface area contributed by atoms with Gasteiger partial charge in [0, 0.05) is 31.3 Å². The number of morpholine rings is 1. The molecule has 0 spiro atoms. The van der Waals surface area contributed by atoms with E-state index in [9.17, 15) is 0 Å². The summed E-state index contributed by atoms with van der Waals surface area (Å²) in [7, 11) is 4.18. The average Bonchev–Trinajstić information content (AvgIpc) is 3.10. The molecule has 8 heteroatoms. The van der Waals surface area contributed by atoms with Crippen LogP contribution in [0.2, 0.25) is 5.15 Å². The van der Waals surface area contributed by atoms with E-state index in [0.29, 0.717) is 24.3 Å². The van der Waals surface area contributed by atoms with Crippen LogP contribution in [0.1, 0.15) is 6.42 Å². The molecule has 0 bridgehead atoms. The maximum absolute atomic E-state index is 6.31. The predicted octanol–water partition coefficient (Wildman–Crippen LogP) is 2.94. The number of imidazole rings is 1. The number of aryl methyl sites for hydroxylation is 1. The van der Waals surface area contributed by atoms with Gasteiger partial charge >= 0.3 is 0 Å². The molecule has 1 fully saturated rings. The third-order valence-corrected chi connectivity index (χ3v) is 5.09. The van der Waals surface area contributed by atoms with Crippen molar-refractivity contribution < 1.29 is 4.74 Å². The molecule has 0 unspecified atom stereocenters. The fourth-order valence-corrected chi connectivity index (χ4v) is 3.59. The Morgan fingerprint density at radius 3 is 2.75 bits per heavy atom. The van der Waals surface area contributed by atoms with Crippen LogP contribution in [0, 0.1) is 0 Å². The smallest absolute Gasteiger partial charge is 0.227 e. The molecule has 0 radical (unpaired) electrons. The summed E-state index contributed by atoms with van der Waals surface area (Å²) >= 11 is 6.31. The van der Waals surface area contributed by atoms with Crippen molar-refractivity contribution in [3.8, 4) is 11.3 Å². The van der Waals surface area contributed by atoms with Crippen molar-refractivity contribution in [3.63, 3.8) is 0 Å². The van der Waals surface area contributed by atoms with E-state index < -0.39 is 0 Å². The Morgan fingerprint density at radius 1 is 1.14 bits per heavy atom. The van der Waals surface area contributed by atoms with Crippen LogP contribution < -0.4 is 4.90 Å². The molecule has 0 atom stereocenters. The highest BCUT2D eigenvalue weighted by Gasteiger charge is 2.16. The Labute approximate surface area is 169 Å². The molecule has 0 amide bonds. The standard InChI is InChI=1S/C20H25ClN6O/c1-25(2)6-3-7-27-14-22-16-5-4-15(12-18(16)27)17-13-19(21)24-20(23-17)26-8-10-28-11-9-26/h4-5,12-14H,3,6-11H2,1-2H3. The number of rotatable bonds is 6. The van der Waals surface area contributed by atoms with Gasteiger partial charge in [-0.05, 0) is 39.2 Å². The lowest BCUT2D eigenvalue weighted by Crippen LogP contribution is -2.37. The molecular weight excluding hydrogens is 376 g/mol. The van der Waals surface area contributed by atoms with Crippen molar-refractivity contribution in [2.24, 2.45) is 0 Å². The molecule has 0 aliphatic carbocycles. The van der Waals surface area contributed by atoms with Gasteiger partial charge in [-0.15, -0.1) is 0 Å². The van der Waals surface area contributed by atoms with Gasteiger partial charge in [-0.1, -0.05) is 17.7 Å². The zero-order valence-electron chi connectivity index (χ0n) is 16.3. The first-order valence-electron chi connectivity index (χ1n) is 9.57. The van der Waals surface area contributed by atoms with Gasteiger partial charge < -0.3 is 19.1 Å². The third kappa shape index (κ3) is 4.27. The molecule has 0 saturated carbocycles. The van der Waals surface area contributed by atoms with Crippen LogP contribution in [0.15, 0.2) is 30.6 Å². The van der Waals surface area contributed by atoms with E-state index in [2.05, 4.69) is 44.5 Å². The number of benzene rings is 1. The van der Waals surface area contributed by atoms with E-state index in [4.69, 9.17) is 21.3 Å². The minimum absolute atomic E-state index is 0.450. The summed E-state index contributed by atoms with van der Waals surface area (Å²) in [6.45, 7) is 4.90. The summed E-state index contributed by atoms with van der Waals surface area (Å²) in [6, 6.07) is 8.04. The highest BCUT2D eigenvalue weighted by Crippen LogP contribution is 2.26. The molecule has 1 saturated heterocycles. The van der Waals surface area contributed by atoms with E-state index in [1.807, 2.05) is 24.5 Å². The number of aromatic nitrogens is 4. The number of hydrogen-bond donors (Lipinski definition) is 0. The first-order valence-corrected chi connectivity index (χ1v) is 9.95. The maximum Gasteiger partial charge on any atom is 0.227 e. The van der Waals surface area contributed by atoms with E-state index in [1.54, 1.807) is 0 Å². The first-order chi connectivity index (χ1) is 13.6. The second-order valence-corrected chi connectivity index (χ2v) is 7.66. The predicted molar refractivity (Wildman–Crippen MR) is 112 cm³/mol. The van der Waals surface area contributed by atoms with Gasteiger partial charge in [-0.25, -0.2) is 15.0 Å². The Bertz CT molecular complexity index is 951. The fourth-order valence-electron chi connectivity index (χ4n) is 3.41. The lowest BCUT2D eigenvalue weighted by Gasteiger charge is -2.27. The van der Waals surface area contributed by atoms with Crippen LogP contribution in [-0.4, -0.2) is 71.4 Å². The molecular formula is C20H25ClN6O. The monoisotopic (exact) mass is 400 g/mol. The second-order valence-electron chi connectivity index (χ2n) is 7.27. The Morgan fingerprint density at radius 2 is 1.96 bits per heavy atom. The number of fused-ring (bicyclic) bond motifs is 1. The van der Waals surface area contributed by atoms with Gasteiger partial charge in [-0.2, -0.15) is 0 Å². The van der Waals surface area contributed by atoms with Crippen molar-refractivity contribution >= 4 is 28.6 Å². The summed E-state index contributed by atoms with van der Waals surface area (Å²) in [4.78, 5) is 18.0. The quantitative estimate of drug-likeness (QED) is 0.593. The van der Waals surface area contributed by atoms with Crippen molar-refractivity contribution in [1.82, 2.24) is 24.4 Å². The van der Waals surface area contributed by atoms with E-state index in [0.717, 1.165) is 54.9 Å². The minimum atomic E-state index is 0.450. The van der Waals surface area contributed by atoms with Gasteiger partial charge in [0.05, 0.1) is 36.3 Å². The SMILES string of the molecule is CN(C)CCCn1cnc2ccc(-c3cc(Cl)nc(N4CCOCC4)n3)cc21. The molecule has 28 heavy (non-hydrogen) atoms. The van der Waals surface area contributed by atoms with Crippen LogP contribution >= 0.6 is 11.6 Å². The number of hydrogen-bond acceptors (Lipinski definition) is 6. The Hall–Kier alpha value is -2.22. The summed E-state index contributed by atoms with van der Waals surface area (Å²) in [5, 5.41) is 0.450. The highest BCUT2D eigenvalue weighted by molar-refractivity contribution is 6.29. The third-order valence-electron chi connectivity index (χ3n) is 4.90. The number of nitrogens with zero attached hydrogens (tertiary/aromatic N) is 6. The van der Waals surface area contributed by atoms with Gasteiger partial charge in [0.2, 0.25) is 5.95 Å². The first kappa shape index (κ1) is 19.1. The number of ether oxygens (including phenoxy) is 1. The molecule has 148 valence electrons. The molecule has 3 aromatic rings. The normalized spacial score (nSPS) is 14.9. The minimum Gasteiger partial charge on any atom is -0.378 e. The second kappa shape index (κ2) is 8.43. The van der Waals surface area contributed by atoms with Gasteiger partial charge in [0.15, 0.2) is 0 Å². The molecule has 2 aromatic heterocycles. The molecule has 3 heterocycles. The van der Waals surface area contributed by atoms with Gasteiger partial charge in [0.25, 0.3) is 0 Å². The van der Waals surface area contributed by atoms with Crippen LogP contribution in [0.25, 0.3) is 22.3 Å². The lowest BCUT2D eigenvalue weighted by atomic mass is 10.1. The zero-order valence-corrected chi connectivity index (χ0v) is 17.1. The maximum atomic E-state index is 6.31. The molecule has 7 nitrogen and oxygen atoms in total. The number of anilines is 1. The van der Waals surface area contributed by atoms with E-state index in [-0.39, 0.29) is 0 Å². The Balaban J connectivity index is 1.64. The molecule has 1 aliphatic heterocycles. The summed E-state index contributed by atoms with van der Waals surface area (Å²) in [6.07, 6.45) is 2.99. The highest BCUT2D eigenvalue weighted by atomic mass is 35.5. The lowest BCUT2D eigenvalue weighted by molar-refractivity contribution is 0.122. The largest absolute Gasteiger partial charge is 0.378 e. The summed E-state index contributed by atoms with van der Waals surface area (Å²) in [5.41, 5.74) is 3.94.